The molecule has 0 amide bonds. The highest BCUT2D eigenvalue weighted by molar-refractivity contribution is 6.31. The van der Waals surface area contributed by atoms with Gasteiger partial charge in [0.1, 0.15) is 5.75 Å². The standard InChI is InChI=1S/C17H18ClNO2/c1-12(20)14-8-7-13(11-15(14)18)19-9-4-10-21-17-6-3-2-5-16(17)19/h2-3,5-8,11-12,20H,4,9-10H2,1H3. The summed E-state index contributed by atoms with van der Waals surface area (Å²) < 4.78 is 5.78. The summed E-state index contributed by atoms with van der Waals surface area (Å²) >= 11 is 6.29. The van der Waals surface area contributed by atoms with Crippen molar-refractivity contribution in [1.82, 2.24) is 0 Å². The van der Waals surface area contributed by atoms with Gasteiger partial charge in [0.2, 0.25) is 0 Å². The maximum Gasteiger partial charge on any atom is 0.142 e. The third-order valence-electron chi connectivity index (χ3n) is 3.69. The lowest BCUT2D eigenvalue weighted by molar-refractivity contribution is 0.199. The van der Waals surface area contributed by atoms with Crippen LogP contribution in [0.15, 0.2) is 42.5 Å². The first-order valence-electron chi connectivity index (χ1n) is 7.13. The zero-order chi connectivity index (χ0) is 14.8. The monoisotopic (exact) mass is 303 g/mol. The van der Waals surface area contributed by atoms with Crippen molar-refractivity contribution in [3.63, 3.8) is 0 Å². The lowest BCUT2D eigenvalue weighted by Crippen LogP contribution is -2.17. The molecule has 0 bridgehead atoms. The first-order valence-corrected chi connectivity index (χ1v) is 7.51. The molecule has 0 aromatic heterocycles. The van der Waals surface area contributed by atoms with Crippen LogP contribution in [0.3, 0.4) is 0 Å². The largest absolute Gasteiger partial charge is 0.491 e. The van der Waals surface area contributed by atoms with E-state index in [4.69, 9.17) is 16.3 Å². The van der Waals surface area contributed by atoms with Crippen LogP contribution in [-0.2, 0) is 0 Å². The number of aliphatic hydroxyl groups is 1. The zero-order valence-corrected chi connectivity index (χ0v) is 12.7. The lowest BCUT2D eigenvalue weighted by atomic mass is 10.1. The van der Waals surface area contributed by atoms with Crippen molar-refractivity contribution >= 4 is 23.0 Å². The Kier molecular flexibility index (Phi) is 4.04. The molecule has 3 nitrogen and oxygen atoms in total. The number of para-hydroxylation sites is 2. The summed E-state index contributed by atoms with van der Waals surface area (Å²) in [6.45, 7) is 3.31. The van der Waals surface area contributed by atoms with Crippen LogP contribution in [0.1, 0.15) is 25.0 Å². The summed E-state index contributed by atoms with van der Waals surface area (Å²) in [6.07, 6.45) is 0.385. The van der Waals surface area contributed by atoms with Crippen molar-refractivity contribution in [2.75, 3.05) is 18.1 Å². The van der Waals surface area contributed by atoms with E-state index in [1.165, 1.54) is 0 Å². The Morgan fingerprint density at radius 2 is 2.05 bits per heavy atom. The van der Waals surface area contributed by atoms with Gasteiger partial charge >= 0.3 is 0 Å². The van der Waals surface area contributed by atoms with Crippen molar-refractivity contribution in [2.24, 2.45) is 0 Å². The van der Waals surface area contributed by atoms with Gasteiger partial charge in [0.25, 0.3) is 0 Å². The Morgan fingerprint density at radius 1 is 1.24 bits per heavy atom. The number of hydrogen-bond acceptors (Lipinski definition) is 3. The molecule has 0 radical (unpaired) electrons. The maximum atomic E-state index is 9.69. The third kappa shape index (κ3) is 2.85. The van der Waals surface area contributed by atoms with E-state index in [0.29, 0.717) is 11.6 Å². The van der Waals surface area contributed by atoms with Crippen LogP contribution in [0, 0.1) is 0 Å². The molecule has 4 heteroatoms. The van der Waals surface area contributed by atoms with Gasteiger partial charge in [-0.05, 0) is 43.2 Å². The molecule has 0 saturated carbocycles. The van der Waals surface area contributed by atoms with Gasteiger partial charge in [0, 0.05) is 17.3 Å². The van der Waals surface area contributed by atoms with E-state index in [-0.39, 0.29) is 0 Å². The molecule has 3 rings (SSSR count). The summed E-state index contributed by atoms with van der Waals surface area (Å²) in [5.41, 5.74) is 2.82. The normalized spacial score (nSPS) is 15.9. The Hall–Kier alpha value is -1.71. The van der Waals surface area contributed by atoms with E-state index < -0.39 is 6.10 Å². The van der Waals surface area contributed by atoms with Crippen LogP contribution in [-0.4, -0.2) is 18.3 Å². The van der Waals surface area contributed by atoms with E-state index >= 15 is 0 Å². The highest BCUT2D eigenvalue weighted by Crippen LogP contribution is 2.37. The molecular weight excluding hydrogens is 286 g/mol. The smallest absolute Gasteiger partial charge is 0.142 e. The van der Waals surface area contributed by atoms with Crippen molar-refractivity contribution in [3.8, 4) is 5.75 Å². The summed E-state index contributed by atoms with van der Waals surface area (Å²) in [5.74, 6) is 0.894. The summed E-state index contributed by atoms with van der Waals surface area (Å²) in [6, 6.07) is 13.8. The van der Waals surface area contributed by atoms with Crippen molar-refractivity contribution in [1.29, 1.82) is 0 Å². The minimum Gasteiger partial charge on any atom is -0.491 e. The molecule has 1 aliphatic heterocycles. The quantitative estimate of drug-likeness (QED) is 0.897. The van der Waals surface area contributed by atoms with Gasteiger partial charge in [-0.3, -0.25) is 0 Å². The Balaban J connectivity index is 2.02. The molecule has 2 aromatic rings. The second-order valence-electron chi connectivity index (χ2n) is 5.20. The van der Waals surface area contributed by atoms with E-state index in [9.17, 15) is 5.11 Å². The van der Waals surface area contributed by atoms with Crippen molar-refractivity contribution in [3.05, 3.63) is 53.1 Å². The van der Waals surface area contributed by atoms with Crippen LogP contribution in [0.4, 0.5) is 11.4 Å². The highest BCUT2D eigenvalue weighted by Gasteiger charge is 2.18. The number of halogens is 1. The number of anilines is 2. The van der Waals surface area contributed by atoms with Crippen LogP contribution >= 0.6 is 11.6 Å². The van der Waals surface area contributed by atoms with E-state index in [1.54, 1.807) is 6.92 Å². The van der Waals surface area contributed by atoms with Crippen LogP contribution in [0.5, 0.6) is 5.75 Å². The molecular formula is C17H18ClNO2. The second-order valence-corrected chi connectivity index (χ2v) is 5.61. The molecule has 1 aliphatic rings. The van der Waals surface area contributed by atoms with Gasteiger partial charge in [-0.25, -0.2) is 0 Å². The number of ether oxygens (including phenoxy) is 1. The maximum absolute atomic E-state index is 9.69. The molecule has 110 valence electrons. The van der Waals surface area contributed by atoms with Gasteiger partial charge in [-0.15, -0.1) is 0 Å². The van der Waals surface area contributed by atoms with E-state index in [0.717, 1.165) is 35.7 Å². The molecule has 0 spiro atoms. The predicted molar refractivity (Wildman–Crippen MR) is 85.6 cm³/mol. The average molecular weight is 304 g/mol. The first-order chi connectivity index (χ1) is 10.2. The molecule has 1 atom stereocenters. The third-order valence-corrected chi connectivity index (χ3v) is 4.01. The Bertz CT molecular complexity index is 642. The minimum absolute atomic E-state index is 0.564. The van der Waals surface area contributed by atoms with Crippen molar-refractivity contribution < 1.29 is 9.84 Å². The second kappa shape index (κ2) is 5.96. The number of benzene rings is 2. The minimum atomic E-state index is -0.564. The van der Waals surface area contributed by atoms with E-state index in [2.05, 4.69) is 11.0 Å². The fourth-order valence-electron chi connectivity index (χ4n) is 2.62. The summed E-state index contributed by atoms with van der Waals surface area (Å²) in [7, 11) is 0. The molecule has 0 fully saturated rings. The Labute approximate surface area is 129 Å². The molecule has 0 aliphatic carbocycles. The highest BCUT2D eigenvalue weighted by atomic mass is 35.5. The molecule has 2 aromatic carbocycles. The van der Waals surface area contributed by atoms with Gasteiger partial charge in [0.05, 0.1) is 18.4 Å². The average Bonchev–Trinajstić information content (AvgIpc) is 2.69. The van der Waals surface area contributed by atoms with Gasteiger partial charge in [0.15, 0.2) is 0 Å². The number of nitrogens with zero attached hydrogens (tertiary/aromatic N) is 1. The molecule has 1 heterocycles. The molecule has 1 N–H and O–H groups in total. The fourth-order valence-corrected chi connectivity index (χ4v) is 2.95. The lowest BCUT2D eigenvalue weighted by Gasteiger charge is -2.24. The zero-order valence-electron chi connectivity index (χ0n) is 11.9. The van der Waals surface area contributed by atoms with Crippen LogP contribution in [0.25, 0.3) is 0 Å². The molecule has 1 unspecified atom stereocenters. The number of hydrogen-bond donors (Lipinski definition) is 1. The fraction of sp³-hybridized carbons (Fsp3) is 0.294. The van der Waals surface area contributed by atoms with Gasteiger partial charge in [-0.2, -0.15) is 0 Å². The van der Waals surface area contributed by atoms with E-state index in [1.807, 2.05) is 36.4 Å². The number of aliphatic hydroxyl groups excluding tert-OH is 1. The van der Waals surface area contributed by atoms with Crippen LogP contribution in [0.2, 0.25) is 5.02 Å². The molecule has 0 saturated heterocycles. The predicted octanol–water partition coefficient (Wildman–Crippen LogP) is 4.31. The van der Waals surface area contributed by atoms with Crippen LogP contribution < -0.4 is 9.64 Å². The Morgan fingerprint density at radius 3 is 2.81 bits per heavy atom. The summed E-state index contributed by atoms with van der Waals surface area (Å²) in [4.78, 5) is 2.21. The SMILES string of the molecule is CC(O)c1ccc(N2CCCOc3ccccc32)cc1Cl. The van der Waals surface area contributed by atoms with Gasteiger partial charge in [-0.1, -0.05) is 29.8 Å². The number of rotatable bonds is 2. The summed E-state index contributed by atoms with van der Waals surface area (Å²) in [5, 5.41) is 10.3. The number of fused-ring (bicyclic) bond motifs is 1. The molecule has 21 heavy (non-hydrogen) atoms. The topological polar surface area (TPSA) is 32.7 Å². The van der Waals surface area contributed by atoms with Gasteiger partial charge < -0.3 is 14.7 Å². The first kappa shape index (κ1) is 14.2. The van der Waals surface area contributed by atoms with Crippen molar-refractivity contribution in [2.45, 2.75) is 19.4 Å².